The summed E-state index contributed by atoms with van der Waals surface area (Å²) in [6, 6.07) is 5.49. The van der Waals surface area contributed by atoms with Crippen molar-refractivity contribution in [3.8, 4) is 0 Å². The van der Waals surface area contributed by atoms with Crippen LogP contribution in [0.3, 0.4) is 0 Å². The fraction of sp³-hybridized carbons (Fsp3) is 0.385. The lowest BCUT2D eigenvalue weighted by molar-refractivity contribution is -0.131. The minimum Gasteiger partial charge on any atom is -0.380 e. The topological polar surface area (TPSA) is 67.2 Å². The van der Waals surface area contributed by atoms with Gasteiger partial charge in [-0.2, -0.15) is 0 Å². The number of hydrogen-bond acceptors (Lipinski definition) is 3. The van der Waals surface area contributed by atoms with Crippen molar-refractivity contribution < 1.29 is 9.90 Å². The van der Waals surface area contributed by atoms with Crippen LogP contribution in [-0.4, -0.2) is 26.2 Å². The molecule has 6 heteroatoms. The zero-order valence-corrected chi connectivity index (χ0v) is 11.2. The lowest BCUT2D eigenvalue weighted by Gasteiger charge is -2.08. The van der Waals surface area contributed by atoms with E-state index in [1.165, 1.54) is 0 Å². The number of hydrogen-bond donors (Lipinski definition) is 2. The van der Waals surface area contributed by atoms with Gasteiger partial charge in [0, 0.05) is 12.1 Å². The van der Waals surface area contributed by atoms with Gasteiger partial charge >= 0.3 is 0 Å². The van der Waals surface area contributed by atoms with Crippen molar-refractivity contribution in [1.29, 1.82) is 0 Å². The Morgan fingerprint density at radius 3 is 3.00 bits per heavy atom. The molecule has 1 aliphatic rings. The molecule has 0 saturated heterocycles. The molecule has 3 rings (SSSR count). The Hall–Kier alpha value is -1.59. The van der Waals surface area contributed by atoms with Gasteiger partial charge in [-0.1, -0.05) is 11.6 Å². The van der Waals surface area contributed by atoms with E-state index in [-0.39, 0.29) is 5.91 Å². The molecule has 1 amide bonds. The Kier molecular flexibility index (Phi) is 2.76. The highest BCUT2D eigenvalue weighted by atomic mass is 35.5. The molecule has 1 aromatic carbocycles. The molecule has 100 valence electrons. The van der Waals surface area contributed by atoms with E-state index >= 15 is 0 Å². The number of benzene rings is 1. The van der Waals surface area contributed by atoms with Crippen molar-refractivity contribution in [1.82, 2.24) is 14.9 Å². The van der Waals surface area contributed by atoms with Gasteiger partial charge in [0.15, 0.2) is 0 Å². The van der Waals surface area contributed by atoms with Crippen molar-refractivity contribution >= 4 is 28.5 Å². The van der Waals surface area contributed by atoms with Crippen LogP contribution in [-0.2, 0) is 18.4 Å². The molecular weight excluding hydrogens is 266 g/mol. The Labute approximate surface area is 115 Å². The molecule has 1 aliphatic carbocycles. The number of aromatic nitrogens is 2. The normalized spacial score (nSPS) is 16.6. The number of imidazole rings is 1. The third kappa shape index (κ3) is 2.19. The van der Waals surface area contributed by atoms with Gasteiger partial charge in [-0.15, -0.1) is 0 Å². The fourth-order valence-electron chi connectivity index (χ4n) is 2.05. The fourth-order valence-corrected chi connectivity index (χ4v) is 2.22. The van der Waals surface area contributed by atoms with Crippen LogP contribution in [0.15, 0.2) is 18.2 Å². The maximum Gasteiger partial charge on any atom is 0.252 e. The quantitative estimate of drug-likeness (QED) is 0.892. The summed E-state index contributed by atoms with van der Waals surface area (Å²) in [4.78, 5) is 16.1. The lowest BCUT2D eigenvalue weighted by atomic mass is 10.3. The van der Waals surface area contributed by atoms with Crippen molar-refractivity contribution in [2.45, 2.75) is 25.0 Å². The van der Waals surface area contributed by atoms with Crippen LogP contribution in [0.1, 0.15) is 18.7 Å². The molecule has 0 radical (unpaired) electrons. The Balaban J connectivity index is 1.81. The lowest BCUT2D eigenvalue weighted by Crippen LogP contribution is -2.36. The minimum atomic E-state index is -1.14. The second-order valence-electron chi connectivity index (χ2n) is 4.93. The highest BCUT2D eigenvalue weighted by molar-refractivity contribution is 6.31. The first-order valence-corrected chi connectivity index (χ1v) is 6.49. The van der Waals surface area contributed by atoms with Crippen molar-refractivity contribution in [2.75, 3.05) is 0 Å². The molecular formula is C13H14ClN3O2. The van der Waals surface area contributed by atoms with Gasteiger partial charge in [-0.05, 0) is 31.0 Å². The Bertz CT molecular complexity index is 661. The summed E-state index contributed by atoms with van der Waals surface area (Å²) in [5.74, 6) is 0.410. The monoisotopic (exact) mass is 279 g/mol. The molecule has 0 aliphatic heterocycles. The molecule has 19 heavy (non-hydrogen) atoms. The molecule has 0 unspecified atom stereocenters. The summed E-state index contributed by atoms with van der Waals surface area (Å²) in [6.45, 7) is 0.296. The summed E-state index contributed by atoms with van der Waals surface area (Å²) in [5.41, 5.74) is 0.608. The van der Waals surface area contributed by atoms with E-state index in [4.69, 9.17) is 11.6 Å². The predicted molar refractivity (Wildman–Crippen MR) is 71.8 cm³/mol. The van der Waals surface area contributed by atoms with Crippen LogP contribution in [0.4, 0.5) is 0 Å². The van der Waals surface area contributed by atoms with Crippen LogP contribution in [0, 0.1) is 0 Å². The number of rotatable bonds is 3. The van der Waals surface area contributed by atoms with E-state index in [2.05, 4.69) is 10.3 Å². The standard InChI is InChI=1S/C13H14ClN3O2/c1-17-10-3-2-8(14)6-9(10)16-11(17)7-15-12(18)13(19)4-5-13/h2-3,6,19H,4-5,7H2,1H3,(H,15,18). The Morgan fingerprint density at radius 2 is 2.32 bits per heavy atom. The molecule has 0 bridgehead atoms. The predicted octanol–water partition coefficient (Wildman–Crippen LogP) is 1.37. The van der Waals surface area contributed by atoms with Gasteiger partial charge in [0.05, 0.1) is 17.6 Å². The first kappa shape index (κ1) is 12.4. The molecule has 1 aromatic heterocycles. The number of carbonyl (C=O) groups excluding carboxylic acids is 1. The van der Waals surface area contributed by atoms with Crippen LogP contribution >= 0.6 is 11.6 Å². The first-order chi connectivity index (χ1) is 8.99. The SMILES string of the molecule is Cn1c(CNC(=O)C2(O)CC2)nc2cc(Cl)ccc21. The minimum absolute atomic E-state index is 0.296. The number of nitrogens with zero attached hydrogens (tertiary/aromatic N) is 2. The number of halogens is 1. The van der Waals surface area contributed by atoms with Gasteiger partial charge in [-0.3, -0.25) is 4.79 Å². The van der Waals surface area contributed by atoms with E-state index < -0.39 is 5.60 Å². The van der Waals surface area contributed by atoms with Crippen LogP contribution in [0.25, 0.3) is 11.0 Å². The summed E-state index contributed by atoms with van der Waals surface area (Å²) in [5, 5.41) is 13.0. The van der Waals surface area contributed by atoms with Crippen LogP contribution in [0.2, 0.25) is 5.02 Å². The number of fused-ring (bicyclic) bond motifs is 1. The van der Waals surface area contributed by atoms with Crippen LogP contribution < -0.4 is 5.32 Å². The van der Waals surface area contributed by atoms with Gasteiger partial charge < -0.3 is 15.0 Å². The van der Waals surface area contributed by atoms with E-state index in [0.717, 1.165) is 16.9 Å². The smallest absolute Gasteiger partial charge is 0.252 e. The average molecular weight is 280 g/mol. The number of aliphatic hydroxyl groups is 1. The average Bonchev–Trinajstić information content (AvgIpc) is 3.05. The number of nitrogens with one attached hydrogen (secondary N) is 1. The van der Waals surface area contributed by atoms with Crippen molar-refractivity contribution in [2.24, 2.45) is 7.05 Å². The summed E-state index contributed by atoms with van der Waals surface area (Å²) < 4.78 is 1.91. The summed E-state index contributed by atoms with van der Waals surface area (Å²) >= 11 is 5.92. The molecule has 1 saturated carbocycles. The summed E-state index contributed by atoms with van der Waals surface area (Å²) in [7, 11) is 1.89. The molecule has 1 heterocycles. The van der Waals surface area contributed by atoms with Gasteiger partial charge in [-0.25, -0.2) is 4.98 Å². The largest absolute Gasteiger partial charge is 0.380 e. The summed E-state index contributed by atoms with van der Waals surface area (Å²) in [6.07, 6.45) is 1.08. The van der Waals surface area contributed by atoms with Crippen molar-refractivity contribution in [3.63, 3.8) is 0 Å². The molecule has 2 N–H and O–H groups in total. The highest BCUT2D eigenvalue weighted by Gasteiger charge is 2.47. The van der Waals surface area contributed by atoms with Gasteiger partial charge in [0.2, 0.25) is 0 Å². The van der Waals surface area contributed by atoms with E-state index in [0.29, 0.717) is 24.4 Å². The molecule has 5 nitrogen and oxygen atoms in total. The number of amides is 1. The second kappa shape index (κ2) is 4.21. The first-order valence-electron chi connectivity index (χ1n) is 6.11. The van der Waals surface area contributed by atoms with E-state index in [1.807, 2.05) is 17.7 Å². The highest BCUT2D eigenvalue weighted by Crippen LogP contribution is 2.35. The third-order valence-corrected chi connectivity index (χ3v) is 3.72. The maximum absolute atomic E-state index is 11.7. The third-order valence-electron chi connectivity index (χ3n) is 3.49. The van der Waals surface area contributed by atoms with Gasteiger partial charge in [0.1, 0.15) is 11.4 Å². The maximum atomic E-state index is 11.7. The van der Waals surface area contributed by atoms with E-state index in [9.17, 15) is 9.90 Å². The van der Waals surface area contributed by atoms with E-state index in [1.54, 1.807) is 12.1 Å². The van der Waals surface area contributed by atoms with Crippen LogP contribution in [0.5, 0.6) is 0 Å². The zero-order valence-electron chi connectivity index (χ0n) is 10.5. The second-order valence-corrected chi connectivity index (χ2v) is 5.37. The Morgan fingerprint density at radius 1 is 1.58 bits per heavy atom. The van der Waals surface area contributed by atoms with Gasteiger partial charge in [0.25, 0.3) is 5.91 Å². The molecule has 1 fully saturated rings. The number of aryl methyl sites for hydroxylation is 1. The molecule has 0 spiro atoms. The zero-order chi connectivity index (χ0) is 13.6. The molecule has 0 atom stereocenters. The number of carbonyl (C=O) groups is 1. The molecule has 2 aromatic rings. The van der Waals surface area contributed by atoms with Crippen molar-refractivity contribution in [3.05, 3.63) is 29.0 Å².